The van der Waals surface area contributed by atoms with E-state index in [-0.39, 0.29) is 23.6 Å². The molecule has 0 spiro atoms. The summed E-state index contributed by atoms with van der Waals surface area (Å²) in [6.45, 7) is 5.19. The van der Waals surface area contributed by atoms with Gasteiger partial charge < -0.3 is 4.74 Å². The second kappa shape index (κ2) is 9.32. The molecule has 28 heavy (non-hydrogen) atoms. The summed E-state index contributed by atoms with van der Waals surface area (Å²) in [6, 6.07) is 10.9. The van der Waals surface area contributed by atoms with Crippen LogP contribution in [0, 0.1) is 13.8 Å². The monoisotopic (exact) mass is 423 g/mol. The standard InChI is InChI=1S/C20H22ClNO5S/c1-13-4-5-16(12-14(13)2)20(24)15(3)27-19(23)10-11-22-28(25,26)18-8-6-17(21)7-9-18/h4-9,12,15,22H,10-11H2,1-3H3. The van der Waals surface area contributed by atoms with Gasteiger partial charge >= 0.3 is 5.97 Å². The van der Waals surface area contributed by atoms with E-state index in [1.807, 2.05) is 19.9 Å². The molecule has 1 atom stereocenters. The number of nitrogens with one attached hydrogen (secondary N) is 1. The topological polar surface area (TPSA) is 89.5 Å². The predicted octanol–water partition coefficient (Wildman–Crippen LogP) is 3.44. The minimum absolute atomic E-state index is 0.0450. The van der Waals surface area contributed by atoms with Crippen LogP contribution in [-0.4, -0.2) is 32.8 Å². The van der Waals surface area contributed by atoms with Crippen LogP contribution in [0.15, 0.2) is 47.4 Å². The Labute approximate surface area is 169 Å². The second-order valence-corrected chi connectivity index (χ2v) is 8.60. The summed E-state index contributed by atoms with van der Waals surface area (Å²) >= 11 is 5.74. The van der Waals surface area contributed by atoms with Crippen molar-refractivity contribution < 1.29 is 22.7 Å². The maximum atomic E-state index is 12.4. The van der Waals surface area contributed by atoms with E-state index in [1.54, 1.807) is 12.1 Å². The minimum atomic E-state index is -3.75. The molecule has 0 saturated carbocycles. The van der Waals surface area contributed by atoms with Gasteiger partial charge in [0.05, 0.1) is 11.3 Å². The summed E-state index contributed by atoms with van der Waals surface area (Å²) in [4.78, 5) is 24.4. The maximum Gasteiger partial charge on any atom is 0.307 e. The Balaban J connectivity index is 1.86. The van der Waals surface area contributed by atoms with Crippen LogP contribution in [0.25, 0.3) is 0 Å². The zero-order valence-electron chi connectivity index (χ0n) is 15.9. The van der Waals surface area contributed by atoms with Gasteiger partial charge in [-0.15, -0.1) is 0 Å². The lowest BCUT2D eigenvalue weighted by Crippen LogP contribution is -2.29. The van der Waals surface area contributed by atoms with E-state index in [4.69, 9.17) is 16.3 Å². The van der Waals surface area contributed by atoms with Crippen LogP contribution < -0.4 is 4.72 Å². The summed E-state index contributed by atoms with van der Waals surface area (Å²) in [6.07, 6.45) is -1.15. The highest BCUT2D eigenvalue weighted by Gasteiger charge is 2.20. The summed E-state index contributed by atoms with van der Waals surface area (Å²) in [7, 11) is -3.75. The molecule has 0 aliphatic carbocycles. The molecule has 0 aromatic heterocycles. The molecule has 0 bridgehead atoms. The smallest absolute Gasteiger partial charge is 0.307 e. The number of carbonyl (C=O) groups excluding carboxylic acids is 2. The van der Waals surface area contributed by atoms with E-state index in [1.165, 1.54) is 31.2 Å². The molecule has 150 valence electrons. The van der Waals surface area contributed by atoms with Crippen molar-refractivity contribution in [1.29, 1.82) is 0 Å². The number of aryl methyl sites for hydroxylation is 2. The first kappa shape index (κ1) is 22.1. The van der Waals surface area contributed by atoms with E-state index in [0.29, 0.717) is 10.6 Å². The lowest BCUT2D eigenvalue weighted by Gasteiger charge is -2.13. The van der Waals surface area contributed by atoms with Crippen LogP contribution in [-0.2, 0) is 19.6 Å². The van der Waals surface area contributed by atoms with E-state index in [2.05, 4.69) is 4.72 Å². The molecule has 0 saturated heterocycles. The fourth-order valence-electron chi connectivity index (χ4n) is 2.42. The van der Waals surface area contributed by atoms with Crippen LogP contribution in [0.2, 0.25) is 5.02 Å². The molecular weight excluding hydrogens is 402 g/mol. The molecule has 2 aromatic rings. The van der Waals surface area contributed by atoms with Gasteiger partial charge in [0, 0.05) is 17.1 Å². The number of rotatable bonds is 8. The van der Waals surface area contributed by atoms with Crippen molar-refractivity contribution in [2.24, 2.45) is 0 Å². The third-order valence-electron chi connectivity index (χ3n) is 4.21. The predicted molar refractivity (Wildman–Crippen MR) is 107 cm³/mol. The van der Waals surface area contributed by atoms with E-state index >= 15 is 0 Å². The number of ketones is 1. The van der Waals surface area contributed by atoms with Crippen molar-refractivity contribution in [2.45, 2.75) is 38.2 Å². The Kier molecular flexibility index (Phi) is 7.35. The molecular formula is C20H22ClNO5S. The highest BCUT2D eigenvalue weighted by Crippen LogP contribution is 2.15. The lowest BCUT2D eigenvalue weighted by atomic mass is 10.0. The Morgan fingerprint density at radius 1 is 1.07 bits per heavy atom. The molecule has 1 unspecified atom stereocenters. The lowest BCUT2D eigenvalue weighted by molar-refractivity contribution is -0.146. The quantitative estimate of drug-likeness (QED) is 0.519. The molecule has 0 fully saturated rings. The van der Waals surface area contributed by atoms with Gasteiger partial charge in [0.25, 0.3) is 0 Å². The molecule has 6 nitrogen and oxygen atoms in total. The minimum Gasteiger partial charge on any atom is -0.454 e. The Morgan fingerprint density at radius 2 is 1.71 bits per heavy atom. The molecule has 0 aliphatic rings. The van der Waals surface area contributed by atoms with Gasteiger partial charge in [-0.25, -0.2) is 13.1 Å². The van der Waals surface area contributed by atoms with Crippen molar-refractivity contribution in [1.82, 2.24) is 4.72 Å². The van der Waals surface area contributed by atoms with Gasteiger partial charge in [0.1, 0.15) is 0 Å². The Bertz CT molecular complexity index is 971. The number of benzene rings is 2. The first-order valence-electron chi connectivity index (χ1n) is 8.66. The number of halogens is 1. The molecule has 2 aromatic carbocycles. The highest BCUT2D eigenvalue weighted by molar-refractivity contribution is 7.89. The molecule has 0 aliphatic heterocycles. The van der Waals surface area contributed by atoms with Crippen LogP contribution in [0.1, 0.15) is 34.8 Å². The summed E-state index contributed by atoms with van der Waals surface area (Å²) in [5, 5.41) is 0.421. The molecule has 8 heteroatoms. The summed E-state index contributed by atoms with van der Waals surface area (Å²) in [5.41, 5.74) is 2.50. The summed E-state index contributed by atoms with van der Waals surface area (Å²) in [5.74, 6) is -0.971. The number of hydrogen-bond donors (Lipinski definition) is 1. The second-order valence-electron chi connectivity index (χ2n) is 6.40. The van der Waals surface area contributed by atoms with Crippen LogP contribution in [0.5, 0.6) is 0 Å². The van der Waals surface area contributed by atoms with Gasteiger partial charge in [0.15, 0.2) is 6.10 Å². The highest BCUT2D eigenvalue weighted by atomic mass is 35.5. The van der Waals surface area contributed by atoms with Gasteiger partial charge in [-0.1, -0.05) is 23.7 Å². The van der Waals surface area contributed by atoms with Crippen molar-refractivity contribution in [3.05, 3.63) is 64.2 Å². The molecule has 0 radical (unpaired) electrons. The average molecular weight is 424 g/mol. The zero-order valence-corrected chi connectivity index (χ0v) is 17.4. The van der Waals surface area contributed by atoms with Gasteiger partial charge in [-0.3, -0.25) is 9.59 Å². The maximum absolute atomic E-state index is 12.4. The van der Waals surface area contributed by atoms with Crippen molar-refractivity contribution in [3.8, 4) is 0 Å². The van der Waals surface area contributed by atoms with E-state index < -0.39 is 22.1 Å². The first-order valence-corrected chi connectivity index (χ1v) is 10.5. The van der Waals surface area contributed by atoms with Gasteiger partial charge in [0.2, 0.25) is 15.8 Å². The van der Waals surface area contributed by atoms with Crippen LogP contribution in [0.4, 0.5) is 0 Å². The molecule has 1 N–H and O–H groups in total. The van der Waals surface area contributed by atoms with E-state index in [0.717, 1.165) is 11.1 Å². The Morgan fingerprint density at radius 3 is 2.32 bits per heavy atom. The number of ether oxygens (including phenoxy) is 1. The molecule has 0 heterocycles. The number of carbonyl (C=O) groups is 2. The molecule has 0 amide bonds. The van der Waals surface area contributed by atoms with Crippen molar-refractivity contribution >= 4 is 33.4 Å². The fraction of sp³-hybridized carbons (Fsp3) is 0.300. The summed E-state index contributed by atoms with van der Waals surface area (Å²) < 4.78 is 31.7. The first-order chi connectivity index (χ1) is 13.1. The normalized spacial score (nSPS) is 12.4. The Hall–Kier alpha value is -2.22. The molecule has 2 rings (SSSR count). The number of sulfonamides is 1. The number of esters is 1. The fourth-order valence-corrected chi connectivity index (χ4v) is 3.58. The van der Waals surface area contributed by atoms with Crippen LogP contribution in [0.3, 0.4) is 0 Å². The third-order valence-corrected chi connectivity index (χ3v) is 5.94. The SMILES string of the molecule is Cc1ccc(C(=O)C(C)OC(=O)CCNS(=O)(=O)c2ccc(Cl)cc2)cc1C. The van der Waals surface area contributed by atoms with Crippen molar-refractivity contribution in [2.75, 3.05) is 6.54 Å². The van der Waals surface area contributed by atoms with E-state index in [9.17, 15) is 18.0 Å². The largest absolute Gasteiger partial charge is 0.454 e. The third kappa shape index (κ3) is 5.89. The van der Waals surface area contributed by atoms with Crippen molar-refractivity contribution in [3.63, 3.8) is 0 Å². The number of Topliss-reactive ketones (excluding diaryl/α,β-unsaturated/α-hetero) is 1. The van der Waals surface area contributed by atoms with Gasteiger partial charge in [-0.05, 0) is 62.2 Å². The van der Waals surface area contributed by atoms with Gasteiger partial charge in [-0.2, -0.15) is 0 Å². The van der Waals surface area contributed by atoms with Crippen LogP contribution >= 0.6 is 11.6 Å². The number of hydrogen-bond acceptors (Lipinski definition) is 5. The average Bonchev–Trinajstić information content (AvgIpc) is 2.63. The zero-order chi connectivity index (χ0) is 20.9.